The van der Waals surface area contributed by atoms with Crippen LogP contribution in [0.15, 0.2) is 39.9 Å². The van der Waals surface area contributed by atoms with Gasteiger partial charge in [0.1, 0.15) is 5.04 Å². The van der Waals surface area contributed by atoms with Crippen LogP contribution in [0.3, 0.4) is 0 Å². The van der Waals surface area contributed by atoms with Crippen molar-refractivity contribution < 1.29 is 4.79 Å². The number of hydrazone groups is 1. The molecule has 4 rings (SSSR count). The Balaban J connectivity index is 1.77. The van der Waals surface area contributed by atoms with Crippen LogP contribution in [0, 0.1) is 32.1 Å². The molecule has 8 heteroatoms. The number of hydrogen-bond acceptors (Lipinski definition) is 4. The van der Waals surface area contributed by atoms with Crippen molar-refractivity contribution in [3.63, 3.8) is 0 Å². The zero-order valence-corrected chi connectivity index (χ0v) is 19.0. The Kier molecular flexibility index (Phi) is 5.20. The first-order valence-electron chi connectivity index (χ1n) is 9.63. The highest BCUT2D eigenvalue weighted by Gasteiger charge is 2.36. The molecule has 1 aromatic carbocycles. The number of hydrogen-bond donors (Lipinski definition) is 1. The summed E-state index contributed by atoms with van der Waals surface area (Å²) in [6.07, 6.45) is 1.73. The van der Waals surface area contributed by atoms with E-state index in [1.807, 2.05) is 58.9 Å². The average Bonchev–Trinajstić information content (AvgIpc) is 3.22. The molecule has 2 aliphatic rings. The molecular weight excluding hydrogens is 418 g/mol. The lowest BCUT2D eigenvalue weighted by molar-refractivity contribution is -0.114. The lowest BCUT2D eigenvalue weighted by Gasteiger charge is -2.20. The highest BCUT2D eigenvalue weighted by Crippen LogP contribution is 2.32. The van der Waals surface area contributed by atoms with Gasteiger partial charge in [0, 0.05) is 28.0 Å². The van der Waals surface area contributed by atoms with E-state index in [0.29, 0.717) is 10.2 Å². The van der Waals surface area contributed by atoms with Crippen LogP contribution in [0.2, 0.25) is 5.02 Å². The Morgan fingerprint density at radius 1 is 1.20 bits per heavy atom. The van der Waals surface area contributed by atoms with E-state index < -0.39 is 5.91 Å². The number of amides is 1. The molecule has 0 saturated heterocycles. The van der Waals surface area contributed by atoms with Crippen LogP contribution in [0.25, 0.3) is 11.8 Å². The molecule has 30 heavy (non-hydrogen) atoms. The minimum absolute atomic E-state index is 0.0527. The van der Waals surface area contributed by atoms with Gasteiger partial charge in [-0.1, -0.05) is 31.5 Å². The summed E-state index contributed by atoms with van der Waals surface area (Å²) >= 11 is 7.57. The molecule has 0 aliphatic carbocycles. The van der Waals surface area contributed by atoms with Crippen LogP contribution >= 0.6 is 23.4 Å². The van der Waals surface area contributed by atoms with Gasteiger partial charge < -0.3 is 4.57 Å². The van der Waals surface area contributed by atoms with Gasteiger partial charge >= 0.3 is 0 Å². The molecule has 2 aromatic rings. The molecule has 3 heterocycles. The fourth-order valence-electron chi connectivity index (χ4n) is 3.52. The van der Waals surface area contributed by atoms with Gasteiger partial charge in [-0.25, -0.2) is 0 Å². The summed E-state index contributed by atoms with van der Waals surface area (Å²) < 4.78 is 2.11. The normalized spacial score (nSPS) is 17.7. The molecule has 0 fully saturated rings. The van der Waals surface area contributed by atoms with Crippen LogP contribution in [0.4, 0.5) is 0 Å². The van der Waals surface area contributed by atoms with E-state index in [4.69, 9.17) is 17.0 Å². The van der Waals surface area contributed by atoms with Gasteiger partial charge in [0.25, 0.3) is 5.91 Å². The second-order valence-electron chi connectivity index (χ2n) is 7.71. The molecule has 6 nitrogen and oxygen atoms in total. The maximum Gasteiger partial charge on any atom is 0.283 e. The van der Waals surface area contributed by atoms with Gasteiger partial charge in [-0.15, -0.1) is 0 Å². The molecule has 1 amide bonds. The third-order valence-electron chi connectivity index (χ3n) is 5.15. The molecule has 0 unspecified atom stereocenters. The number of fused-ring (bicyclic) bond motifs is 1. The number of aryl methyl sites for hydroxylation is 2. The Hall–Kier alpha value is -2.64. The zero-order valence-electron chi connectivity index (χ0n) is 17.4. The van der Waals surface area contributed by atoms with E-state index in [1.54, 1.807) is 6.08 Å². The maximum atomic E-state index is 12.7. The third kappa shape index (κ3) is 3.42. The number of carbonyl (C=O) groups is 1. The molecule has 0 radical (unpaired) electrons. The lowest BCUT2D eigenvalue weighted by atomic mass is 10.1. The summed E-state index contributed by atoms with van der Waals surface area (Å²) in [6.45, 7) is 10.1. The van der Waals surface area contributed by atoms with Gasteiger partial charge in [-0.3, -0.25) is 10.2 Å². The van der Waals surface area contributed by atoms with E-state index in [-0.39, 0.29) is 17.3 Å². The molecule has 2 aliphatic heterocycles. The van der Waals surface area contributed by atoms with Crippen LogP contribution in [0.1, 0.15) is 36.4 Å². The number of halogens is 1. The van der Waals surface area contributed by atoms with Crippen LogP contribution in [0.5, 0.6) is 0 Å². The Morgan fingerprint density at radius 2 is 1.93 bits per heavy atom. The van der Waals surface area contributed by atoms with E-state index in [9.17, 15) is 4.79 Å². The molecule has 0 bridgehead atoms. The SMILES string of the molecule is Cc1ccc(Cl)cc1-n1c(C)cc(C=C2C(=N)N3N=C(C(C)C)SC3=NC2=O)c1C. The van der Waals surface area contributed by atoms with Gasteiger partial charge in [-0.05, 0) is 67.9 Å². The molecular formula is C22H22ClN5OS. The summed E-state index contributed by atoms with van der Waals surface area (Å²) in [4.78, 5) is 16.9. The average molecular weight is 440 g/mol. The molecule has 0 atom stereocenters. The number of carbonyl (C=O) groups excluding carboxylic acids is 1. The fourth-order valence-corrected chi connectivity index (χ4v) is 4.58. The predicted molar refractivity (Wildman–Crippen MR) is 125 cm³/mol. The molecule has 1 N–H and O–H groups in total. The Labute approximate surface area is 184 Å². The summed E-state index contributed by atoms with van der Waals surface area (Å²) in [5, 5.41) is 16.4. The summed E-state index contributed by atoms with van der Waals surface area (Å²) in [7, 11) is 0. The molecule has 0 saturated carbocycles. The van der Waals surface area contributed by atoms with Crippen molar-refractivity contribution >= 4 is 51.4 Å². The van der Waals surface area contributed by atoms with E-state index in [1.165, 1.54) is 16.8 Å². The third-order valence-corrected chi connectivity index (χ3v) is 6.59. The van der Waals surface area contributed by atoms with Crippen molar-refractivity contribution in [2.75, 3.05) is 0 Å². The van der Waals surface area contributed by atoms with Crippen molar-refractivity contribution in [1.82, 2.24) is 9.58 Å². The standard InChI is InChI=1S/C22H22ClN5OS/c1-11(2)21-26-28-19(24)17(20(29)25-22(28)30-21)9-15-8-13(4)27(14(15)5)18-10-16(23)7-6-12(18)3/h6-11,24H,1-5H3. The largest absolute Gasteiger partial charge is 0.318 e. The van der Waals surface area contributed by atoms with Gasteiger partial charge in [0.05, 0.1) is 5.57 Å². The second kappa shape index (κ2) is 7.56. The van der Waals surface area contributed by atoms with Crippen molar-refractivity contribution in [3.05, 3.63) is 57.4 Å². The Bertz CT molecular complexity index is 1190. The van der Waals surface area contributed by atoms with E-state index >= 15 is 0 Å². The van der Waals surface area contributed by atoms with Crippen molar-refractivity contribution in [3.8, 4) is 5.69 Å². The summed E-state index contributed by atoms with van der Waals surface area (Å²) in [5.74, 6) is -0.155. The number of aliphatic imine (C=N–C) groups is 1. The van der Waals surface area contributed by atoms with Crippen molar-refractivity contribution in [2.24, 2.45) is 16.0 Å². The number of aromatic nitrogens is 1. The quantitative estimate of drug-likeness (QED) is 0.656. The van der Waals surface area contributed by atoms with Crippen LogP contribution in [-0.2, 0) is 4.79 Å². The van der Waals surface area contributed by atoms with Gasteiger partial charge in [0.2, 0.25) is 5.17 Å². The second-order valence-corrected chi connectivity index (χ2v) is 9.13. The molecule has 154 valence electrons. The topological polar surface area (TPSA) is 73.8 Å². The van der Waals surface area contributed by atoms with Crippen LogP contribution < -0.4 is 0 Å². The summed E-state index contributed by atoms with van der Waals surface area (Å²) in [6, 6.07) is 7.79. The number of benzene rings is 1. The minimum Gasteiger partial charge on any atom is -0.318 e. The van der Waals surface area contributed by atoms with Crippen molar-refractivity contribution in [1.29, 1.82) is 5.41 Å². The lowest BCUT2D eigenvalue weighted by Crippen LogP contribution is -2.35. The van der Waals surface area contributed by atoms with Gasteiger partial charge in [-0.2, -0.15) is 15.1 Å². The monoisotopic (exact) mass is 439 g/mol. The number of nitrogens with one attached hydrogen (secondary N) is 1. The number of rotatable bonds is 3. The fraction of sp³-hybridized carbons (Fsp3) is 0.273. The minimum atomic E-state index is -0.414. The first-order valence-corrected chi connectivity index (χ1v) is 10.8. The molecule has 1 aromatic heterocycles. The first-order chi connectivity index (χ1) is 14.2. The molecule has 0 spiro atoms. The maximum absolute atomic E-state index is 12.7. The van der Waals surface area contributed by atoms with Gasteiger partial charge in [0.15, 0.2) is 5.84 Å². The van der Waals surface area contributed by atoms with Crippen LogP contribution in [-0.4, -0.2) is 31.5 Å². The Morgan fingerprint density at radius 3 is 2.63 bits per heavy atom. The summed E-state index contributed by atoms with van der Waals surface area (Å²) in [5.41, 5.74) is 5.16. The highest BCUT2D eigenvalue weighted by molar-refractivity contribution is 8.27. The highest BCUT2D eigenvalue weighted by atomic mass is 35.5. The smallest absolute Gasteiger partial charge is 0.283 e. The predicted octanol–water partition coefficient (Wildman–Crippen LogP) is 5.33. The van der Waals surface area contributed by atoms with Crippen molar-refractivity contribution in [2.45, 2.75) is 34.6 Å². The zero-order chi connectivity index (χ0) is 21.7. The van der Waals surface area contributed by atoms with E-state index in [2.05, 4.69) is 14.7 Å². The number of amidine groups is 2. The number of nitrogens with zero attached hydrogens (tertiary/aromatic N) is 4. The first kappa shape index (κ1) is 20.6. The number of thioether (sulfide) groups is 1. The van der Waals surface area contributed by atoms with E-state index in [0.717, 1.165) is 33.2 Å².